The van der Waals surface area contributed by atoms with Crippen LogP contribution in [0.4, 0.5) is 5.69 Å². The summed E-state index contributed by atoms with van der Waals surface area (Å²) in [6.07, 6.45) is 0.563. The van der Waals surface area contributed by atoms with Crippen LogP contribution in [0, 0.1) is 0 Å². The van der Waals surface area contributed by atoms with E-state index in [1.54, 1.807) is 0 Å². The zero-order chi connectivity index (χ0) is 16.5. The van der Waals surface area contributed by atoms with E-state index in [4.69, 9.17) is 4.74 Å². The molecule has 3 heterocycles. The molecule has 2 aromatic rings. The topological polar surface area (TPSA) is 58.6 Å². The summed E-state index contributed by atoms with van der Waals surface area (Å²) in [6.45, 7) is 0.506. The minimum Gasteiger partial charge on any atom is -0.428 e. The van der Waals surface area contributed by atoms with Gasteiger partial charge in [0.15, 0.2) is 0 Å². The molecule has 1 spiro atoms. The third kappa shape index (κ3) is 1.67. The molecule has 0 radical (unpaired) electrons. The highest BCUT2D eigenvalue weighted by molar-refractivity contribution is 9.10. The molecule has 1 saturated heterocycles. The zero-order valence-corrected chi connectivity index (χ0v) is 14.2. The molecular formula is C18H13BrN2O3. The van der Waals surface area contributed by atoms with Crippen molar-refractivity contribution in [3.63, 3.8) is 0 Å². The Kier molecular flexibility index (Phi) is 2.76. The summed E-state index contributed by atoms with van der Waals surface area (Å²) < 4.78 is 6.58. The van der Waals surface area contributed by atoms with Crippen LogP contribution in [0.25, 0.3) is 0 Å². The van der Waals surface area contributed by atoms with E-state index in [1.807, 2.05) is 47.4 Å². The number of amides is 1. The number of carbonyl (C=O) groups excluding carboxylic acids is 2. The van der Waals surface area contributed by atoms with Gasteiger partial charge in [-0.25, -0.2) is 4.90 Å². The molecule has 0 aromatic heterocycles. The third-order valence-electron chi connectivity index (χ3n) is 5.08. The smallest absolute Gasteiger partial charge is 0.326 e. The standard InChI is InChI=1S/C18H13BrN2O3/c19-12-5-6-14-13(8-12)18(17(23)20-14)21-9-11-4-2-1-3-10(11)7-15(21)16(22)24-18/h1-6,8,15H,7,9H2,(H,20,23)/t15-,18?/m1/s1. The SMILES string of the molecule is O=C1OC2(C(=O)Nc3ccc(Br)cc32)N2Cc3ccccc3C[C@H]12. The van der Waals surface area contributed by atoms with E-state index in [-0.39, 0.29) is 11.9 Å². The lowest BCUT2D eigenvalue weighted by atomic mass is 9.91. The Balaban J connectivity index is 1.70. The number of ether oxygens (including phenoxy) is 1. The van der Waals surface area contributed by atoms with Crippen molar-refractivity contribution in [1.82, 2.24) is 4.90 Å². The Labute approximate surface area is 146 Å². The second kappa shape index (κ2) is 4.68. The van der Waals surface area contributed by atoms with Crippen LogP contribution in [-0.4, -0.2) is 22.8 Å². The summed E-state index contributed by atoms with van der Waals surface area (Å²) in [4.78, 5) is 27.3. The predicted octanol–water partition coefficient (Wildman–Crippen LogP) is 2.54. The molecule has 5 nitrogen and oxygen atoms in total. The molecule has 24 heavy (non-hydrogen) atoms. The van der Waals surface area contributed by atoms with Crippen molar-refractivity contribution in [3.05, 3.63) is 63.6 Å². The molecule has 1 N–H and O–H groups in total. The number of nitrogens with zero attached hydrogens (tertiary/aromatic N) is 1. The Morgan fingerprint density at radius 2 is 1.96 bits per heavy atom. The van der Waals surface area contributed by atoms with Crippen molar-refractivity contribution in [3.8, 4) is 0 Å². The molecule has 1 unspecified atom stereocenters. The monoisotopic (exact) mass is 384 g/mol. The van der Waals surface area contributed by atoms with E-state index < -0.39 is 11.8 Å². The molecule has 3 aliphatic rings. The van der Waals surface area contributed by atoms with Crippen molar-refractivity contribution in [1.29, 1.82) is 0 Å². The van der Waals surface area contributed by atoms with Crippen LogP contribution in [0.15, 0.2) is 46.9 Å². The highest BCUT2D eigenvalue weighted by Gasteiger charge is 2.64. The maximum atomic E-state index is 12.8. The number of benzene rings is 2. The average Bonchev–Trinajstić information content (AvgIpc) is 3.02. The number of rotatable bonds is 0. The Morgan fingerprint density at radius 3 is 2.79 bits per heavy atom. The zero-order valence-electron chi connectivity index (χ0n) is 12.6. The number of hydrogen-bond acceptors (Lipinski definition) is 4. The van der Waals surface area contributed by atoms with Crippen molar-refractivity contribution >= 4 is 33.5 Å². The molecule has 5 rings (SSSR count). The quantitative estimate of drug-likeness (QED) is 0.709. The number of nitrogens with one attached hydrogen (secondary N) is 1. The van der Waals surface area contributed by atoms with Gasteiger partial charge in [-0.2, -0.15) is 0 Å². The van der Waals surface area contributed by atoms with E-state index in [2.05, 4.69) is 21.2 Å². The molecule has 6 heteroatoms. The fraction of sp³-hybridized carbons (Fsp3) is 0.222. The fourth-order valence-corrected chi connectivity index (χ4v) is 4.32. The number of hydrogen-bond donors (Lipinski definition) is 1. The molecule has 0 aliphatic carbocycles. The van der Waals surface area contributed by atoms with Gasteiger partial charge in [0, 0.05) is 16.6 Å². The van der Waals surface area contributed by atoms with Crippen molar-refractivity contribution < 1.29 is 14.3 Å². The fourth-order valence-electron chi connectivity index (χ4n) is 3.96. The maximum absolute atomic E-state index is 12.8. The van der Waals surface area contributed by atoms with E-state index in [0.717, 1.165) is 15.6 Å². The lowest BCUT2D eigenvalue weighted by Gasteiger charge is -2.36. The predicted molar refractivity (Wildman–Crippen MR) is 90.0 cm³/mol. The third-order valence-corrected chi connectivity index (χ3v) is 5.57. The van der Waals surface area contributed by atoms with Crippen LogP contribution in [0.5, 0.6) is 0 Å². The first kappa shape index (κ1) is 14.2. The van der Waals surface area contributed by atoms with Gasteiger partial charge < -0.3 is 10.1 Å². The first-order valence-corrected chi connectivity index (χ1v) is 8.57. The lowest BCUT2D eigenvalue weighted by molar-refractivity contribution is -0.166. The number of halogens is 1. The van der Waals surface area contributed by atoms with Crippen LogP contribution in [-0.2, 0) is 33.0 Å². The van der Waals surface area contributed by atoms with E-state index in [9.17, 15) is 9.59 Å². The summed E-state index contributed by atoms with van der Waals surface area (Å²) in [5, 5.41) is 2.86. The molecule has 1 fully saturated rings. The van der Waals surface area contributed by atoms with Crippen molar-refractivity contribution in [2.75, 3.05) is 5.32 Å². The molecule has 3 aliphatic heterocycles. The van der Waals surface area contributed by atoms with Gasteiger partial charge in [-0.3, -0.25) is 9.59 Å². The second-order valence-electron chi connectivity index (χ2n) is 6.33. The first-order chi connectivity index (χ1) is 11.6. The van der Waals surface area contributed by atoms with Gasteiger partial charge in [-0.15, -0.1) is 0 Å². The van der Waals surface area contributed by atoms with Crippen molar-refractivity contribution in [2.24, 2.45) is 0 Å². The van der Waals surface area contributed by atoms with Crippen molar-refractivity contribution in [2.45, 2.75) is 24.7 Å². The van der Waals surface area contributed by atoms with Crippen LogP contribution in [0.3, 0.4) is 0 Å². The minimum absolute atomic E-state index is 0.300. The molecule has 1 amide bonds. The summed E-state index contributed by atoms with van der Waals surface area (Å²) in [5.74, 6) is -0.640. The highest BCUT2D eigenvalue weighted by atomic mass is 79.9. The highest BCUT2D eigenvalue weighted by Crippen LogP contribution is 2.49. The first-order valence-electron chi connectivity index (χ1n) is 7.77. The molecular weight excluding hydrogens is 372 g/mol. The second-order valence-corrected chi connectivity index (χ2v) is 7.24. The average molecular weight is 385 g/mol. The van der Waals surface area contributed by atoms with Crippen LogP contribution in [0.1, 0.15) is 16.7 Å². The molecule has 0 bridgehead atoms. The summed E-state index contributed by atoms with van der Waals surface area (Å²) >= 11 is 3.45. The number of esters is 1. The van der Waals surface area contributed by atoms with Gasteiger partial charge in [0.2, 0.25) is 0 Å². The summed E-state index contributed by atoms with van der Waals surface area (Å²) in [7, 11) is 0. The molecule has 2 atom stereocenters. The van der Waals surface area contributed by atoms with Gasteiger partial charge in [0.1, 0.15) is 6.04 Å². The Hall–Kier alpha value is -2.18. The van der Waals surface area contributed by atoms with Gasteiger partial charge in [-0.1, -0.05) is 40.2 Å². The van der Waals surface area contributed by atoms with Gasteiger partial charge in [0.05, 0.1) is 5.69 Å². The number of fused-ring (bicyclic) bond motifs is 5. The van der Waals surface area contributed by atoms with E-state index >= 15 is 0 Å². The lowest BCUT2D eigenvalue weighted by Crippen LogP contribution is -2.52. The van der Waals surface area contributed by atoms with Crippen LogP contribution >= 0.6 is 15.9 Å². The Bertz CT molecular complexity index is 913. The minimum atomic E-state index is -1.37. The van der Waals surface area contributed by atoms with Crippen LogP contribution in [0.2, 0.25) is 0 Å². The molecule has 120 valence electrons. The van der Waals surface area contributed by atoms with Gasteiger partial charge in [0.25, 0.3) is 11.6 Å². The summed E-state index contributed by atoms with van der Waals surface area (Å²) in [5.41, 5.74) is 2.28. The number of anilines is 1. The van der Waals surface area contributed by atoms with Gasteiger partial charge >= 0.3 is 5.97 Å². The Morgan fingerprint density at radius 1 is 1.17 bits per heavy atom. The molecule has 0 saturated carbocycles. The normalized spacial score (nSPS) is 27.5. The summed E-state index contributed by atoms with van der Waals surface area (Å²) in [6, 6.07) is 13.1. The maximum Gasteiger partial charge on any atom is 0.326 e. The van der Waals surface area contributed by atoms with E-state index in [0.29, 0.717) is 24.2 Å². The van der Waals surface area contributed by atoms with E-state index in [1.165, 1.54) is 0 Å². The van der Waals surface area contributed by atoms with Crippen LogP contribution < -0.4 is 5.32 Å². The number of carbonyl (C=O) groups is 2. The molecule has 2 aromatic carbocycles. The largest absolute Gasteiger partial charge is 0.428 e. The van der Waals surface area contributed by atoms with Gasteiger partial charge in [-0.05, 0) is 35.7 Å².